The van der Waals surface area contributed by atoms with Gasteiger partial charge >= 0.3 is 0 Å². The Kier molecular flexibility index (Phi) is 3.85. The molecule has 5 heterocycles. The van der Waals surface area contributed by atoms with Crippen molar-refractivity contribution in [1.82, 2.24) is 4.98 Å². The second-order valence-corrected chi connectivity index (χ2v) is 9.94. The van der Waals surface area contributed by atoms with E-state index >= 15 is 0 Å². The maximum Gasteiger partial charge on any atom is 0.167 e. The summed E-state index contributed by atoms with van der Waals surface area (Å²) in [5.41, 5.74) is 1.93. The average Bonchev–Trinajstić information content (AvgIpc) is 2.94. The highest BCUT2D eigenvalue weighted by atomic mass is 32.3. The summed E-state index contributed by atoms with van der Waals surface area (Å²) in [5, 5.41) is 1.00. The van der Waals surface area contributed by atoms with Crippen LogP contribution in [-0.2, 0) is 4.18 Å². The predicted octanol–water partition coefficient (Wildman–Crippen LogP) is 4.50. The Bertz CT molecular complexity index is 917. The molecule has 6 rings (SSSR count). The van der Waals surface area contributed by atoms with Crippen LogP contribution in [0.1, 0.15) is 24.5 Å². The summed E-state index contributed by atoms with van der Waals surface area (Å²) >= 11 is 0. The molecule has 0 amide bonds. The second kappa shape index (κ2) is 5.95. The fourth-order valence-electron chi connectivity index (χ4n) is 5.44. The van der Waals surface area contributed by atoms with Gasteiger partial charge in [-0.15, -0.1) is 6.58 Å². The quantitative estimate of drug-likeness (QED) is 0.624. The number of aromatic nitrogens is 1. The number of pyridine rings is 1. The molecule has 1 aromatic heterocycles. The highest BCUT2D eigenvalue weighted by molar-refractivity contribution is 8.21. The highest BCUT2D eigenvalue weighted by Crippen LogP contribution is 2.71. The Balaban J connectivity index is 1.64. The first-order chi connectivity index (χ1) is 13.0. The molecule has 0 aliphatic carbocycles. The lowest BCUT2D eigenvalue weighted by Crippen LogP contribution is -2.64. The molecule has 0 saturated carbocycles. The van der Waals surface area contributed by atoms with Crippen LogP contribution in [0, 0.1) is 18.1 Å². The van der Waals surface area contributed by atoms with E-state index in [0.717, 1.165) is 48.1 Å². The Morgan fingerprint density at radius 2 is 2.30 bits per heavy atom. The molecule has 1 N–H and O–H groups in total. The van der Waals surface area contributed by atoms with Crippen molar-refractivity contribution in [2.24, 2.45) is 11.8 Å². The van der Waals surface area contributed by atoms with Crippen molar-refractivity contribution in [3.05, 3.63) is 54.9 Å². The number of hydrogen-bond acceptors (Lipinski definition) is 4. The Morgan fingerprint density at radius 3 is 3.07 bits per heavy atom. The second-order valence-electron chi connectivity index (χ2n) is 7.95. The molecule has 4 fully saturated rings. The molecule has 2 aromatic rings. The van der Waals surface area contributed by atoms with E-state index in [1.807, 2.05) is 36.5 Å². The molecule has 2 bridgehead atoms. The summed E-state index contributed by atoms with van der Waals surface area (Å²) in [6.45, 7) is 5.72. The summed E-state index contributed by atoms with van der Waals surface area (Å²) < 4.78 is 23.4. The molecule has 6 heteroatoms. The lowest BCUT2D eigenvalue weighted by atomic mass is 9.73. The number of ether oxygens (including phenoxy) is 1. The van der Waals surface area contributed by atoms with Crippen LogP contribution in [0.15, 0.2) is 43.1 Å². The number of fused-ring (bicyclic) bond motifs is 3. The minimum atomic E-state index is -2.71. The molecule has 4 aliphatic rings. The van der Waals surface area contributed by atoms with Crippen molar-refractivity contribution in [3.8, 4) is 5.75 Å². The standard InChI is InChI=1S/C21H24N2O3S/c1-4-14-13-23-10-8-15(14)11-20(23)21(26-27(23,3)24)17-7-9-22-19-6-5-16(25-2)12-18(17)19/h3-7,9,12,14-15,20-21H,1,8,10-11,13H2,2H3/p+1. The molecule has 27 heavy (non-hydrogen) atoms. The van der Waals surface area contributed by atoms with Gasteiger partial charge in [-0.25, -0.2) is 8.07 Å². The summed E-state index contributed by atoms with van der Waals surface area (Å²) in [4.78, 5) is 4.48. The number of piperidine rings is 3. The van der Waals surface area contributed by atoms with Gasteiger partial charge in [0.2, 0.25) is 0 Å². The summed E-state index contributed by atoms with van der Waals surface area (Å²) in [7, 11) is -1.05. The molecule has 142 valence electrons. The average molecular weight is 386 g/mol. The monoisotopic (exact) mass is 385 g/mol. The fourth-order valence-corrected chi connectivity index (χ4v) is 7.49. The Labute approximate surface area is 162 Å². The first-order valence-electron chi connectivity index (χ1n) is 9.43. The Hall–Kier alpha value is -1.60. The number of benzene rings is 1. The number of rotatable bonds is 3. The molecule has 6 atom stereocenters. The topological polar surface area (TPSA) is 51.6 Å². The normalized spacial score (nSPS) is 42.5. The van der Waals surface area contributed by atoms with Crippen LogP contribution in [0.25, 0.3) is 10.9 Å². The molecular formula is C21H25N2O3S+. The van der Waals surface area contributed by atoms with E-state index in [1.165, 1.54) is 0 Å². The van der Waals surface area contributed by atoms with Crippen molar-refractivity contribution in [3.63, 3.8) is 0 Å². The van der Waals surface area contributed by atoms with Gasteiger partial charge < -0.3 is 4.74 Å². The summed E-state index contributed by atoms with van der Waals surface area (Å²) in [6.07, 6.45) is 12.1. The third-order valence-corrected chi connectivity index (χ3v) is 8.99. The van der Waals surface area contributed by atoms with Crippen molar-refractivity contribution < 1.29 is 17.4 Å². The maximum atomic E-state index is 11.2. The van der Waals surface area contributed by atoms with Gasteiger partial charge in [-0.3, -0.25) is 9.54 Å². The smallest absolute Gasteiger partial charge is 0.167 e. The molecule has 4 aliphatic heterocycles. The van der Waals surface area contributed by atoms with Gasteiger partial charge in [-0.05, 0) is 30.2 Å². The summed E-state index contributed by atoms with van der Waals surface area (Å²) in [5.74, 6) is 1.77. The minimum absolute atomic E-state index is 0.168. The lowest BCUT2D eigenvalue weighted by Gasteiger charge is -2.58. The third-order valence-electron chi connectivity index (χ3n) is 6.86. The molecule has 1 spiro atoms. The first-order valence-corrected chi connectivity index (χ1v) is 11.0. The number of quaternary nitrogens is 1. The Morgan fingerprint density at radius 1 is 1.44 bits per heavy atom. The van der Waals surface area contributed by atoms with Gasteiger partial charge in [0.05, 0.1) is 12.6 Å². The largest absolute Gasteiger partial charge is 0.497 e. The maximum absolute atomic E-state index is 11.2. The molecule has 4 saturated heterocycles. The zero-order valence-corrected chi connectivity index (χ0v) is 16.3. The van der Waals surface area contributed by atoms with Gasteiger partial charge in [0, 0.05) is 35.9 Å². The van der Waals surface area contributed by atoms with E-state index < -0.39 is 10.8 Å². The van der Waals surface area contributed by atoms with Gasteiger partial charge in [0.25, 0.3) is 0 Å². The SMILES string of the molecule is [CH]S1(O)OC(c2ccnc3ccc(OC)cc23)C2CC3CC[N+]21CC3C=C. The predicted molar refractivity (Wildman–Crippen MR) is 107 cm³/mol. The van der Waals surface area contributed by atoms with Crippen molar-refractivity contribution in [2.45, 2.75) is 25.0 Å². The zero-order chi connectivity index (χ0) is 18.8. The zero-order valence-electron chi connectivity index (χ0n) is 15.5. The van der Waals surface area contributed by atoms with Gasteiger partial charge in [0.1, 0.15) is 24.9 Å². The number of nitrogens with zero attached hydrogens (tertiary/aromatic N) is 2. The van der Waals surface area contributed by atoms with Gasteiger partial charge in [0.15, 0.2) is 12.4 Å². The molecule has 5 nitrogen and oxygen atoms in total. The van der Waals surface area contributed by atoms with E-state index in [1.54, 1.807) is 7.11 Å². The third kappa shape index (κ3) is 2.34. The fraction of sp³-hybridized carbons (Fsp3) is 0.429. The number of methoxy groups -OCH3 is 1. The lowest BCUT2D eigenvalue weighted by molar-refractivity contribution is -0.852. The van der Waals surface area contributed by atoms with Crippen LogP contribution >= 0.6 is 10.8 Å². The first kappa shape index (κ1) is 17.5. The van der Waals surface area contributed by atoms with E-state index in [0.29, 0.717) is 15.7 Å². The number of hydrogen-bond donors (Lipinski definition) is 1. The van der Waals surface area contributed by atoms with Crippen LogP contribution in [0.2, 0.25) is 0 Å². The van der Waals surface area contributed by atoms with Gasteiger partial charge in [-0.2, -0.15) is 0 Å². The molecule has 6 unspecified atom stereocenters. The highest BCUT2D eigenvalue weighted by Gasteiger charge is 2.66. The molecular weight excluding hydrogens is 360 g/mol. The van der Waals surface area contributed by atoms with E-state index in [2.05, 4.69) is 11.6 Å². The minimum Gasteiger partial charge on any atom is -0.497 e. The van der Waals surface area contributed by atoms with E-state index in [4.69, 9.17) is 15.2 Å². The molecule has 2 radical (unpaired) electrons. The summed E-state index contributed by atoms with van der Waals surface area (Å²) in [6, 6.07) is 8.03. The van der Waals surface area contributed by atoms with E-state index in [9.17, 15) is 4.55 Å². The van der Waals surface area contributed by atoms with E-state index in [-0.39, 0.29) is 12.1 Å². The van der Waals surface area contributed by atoms with Crippen molar-refractivity contribution in [1.29, 1.82) is 0 Å². The van der Waals surface area contributed by atoms with Crippen LogP contribution in [0.3, 0.4) is 0 Å². The van der Waals surface area contributed by atoms with Gasteiger partial charge in [-0.1, -0.05) is 16.9 Å². The van der Waals surface area contributed by atoms with Crippen LogP contribution in [0.4, 0.5) is 0 Å². The van der Waals surface area contributed by atoms with Crippen LogP contribution < -0.4 is 4.74 Å². The molecule has 1 aromatic carbocycles. The van der Waals surface area contributed by atoms with Crippen LogP contribution in [-0.4, -0.2) is 39.7 Å². The van der Waals surface area contributed by atoms with Crippen molar-refractivity contribution in [2.75, 3.05) is 20.2 Å². The van der Waals surface area contributed by atoms with Crippen molar-refractivity contribution >= 4 is 21.7 Å². The van der Waals surface area contributed by atoms with Crippen LogP contribution in [0.5, 0.6) is 5.75 Å².